The molecule has 0 aliphatic rings. The summed E-state index contributed by atoms with van der Waals surface area (Å²) in [6.45, 7) is 4.95. The molecule has 0 fully saturated rings. The van der Waals surface area contributed by atoms with Gasteiger partial charge < -0.3 is 20.3 Å². The van der Waals surface area contributed by atoms with Crippen molar-refractivity contribution in [1.29, 1.82) is 0 Å². The van der Waals surface area contributed by atoms with Crippen LogP contribution in [0.3, 0.4) is 0 Å². The maximum Gasteiger partial charge on any atom is 0.305 e. The number of carbonyl (C=O) groups is 2. The number of amides is 1. The Bertz CT molecular complexity index is 1180. The second-order valence-electron chi connectivity index (χ2n) is 22.4. The Morgan fingerprint density at radius 3 is 1.05 bits per heavy atom. The number of ether oxygens (including phenoxy) is 1. The maximum atomic E-state index is 12.4. The Morgan fingerprint density at radius 1 is 0.384 bits per heavy atom. The Hall–Kier alpha value is -1.92. The Labute approximate surface area is 455 Å². The highest BCUT2D eigenvalue weighted by molar-refractivity contribution is 5.76. The van der Waals surface area contributed by atoms with Crippen LogP contribution in [0.2, 0.25) is 0 Å². The van der Waals surface area contributed by atoms with Gasteiger partial charge in [0.2, 0.25) is 5.91 Å². The molecule has 6 nitrogen and oxygen atoms in total. The molecule has 0 rings (SSSR count). The van der Waals surface area contributed by atoms with Crippen molar-refractivity contribution in [2.45, 2.75) is 366 Å². The fraction of sp³-hybridized carbons (Fsp3) is 0.881. The van der Waals surface area contributed by atoms with E-state index in [2.05, 4.69) is 55.6 Å². The van der Waals surface area contributed by atoms with E-state index in [1.165, 1.54) is 270 Å². The van der Waals surface area contributed by atoms with Crippen LogP contribution in [-0.4, -0.2) is 47.4 Å². The third-order valence-electron chi connectivity index (χ3n) is 15.2. The molecule has 0 bridgehead atoms. The van der Waals surface area contributed by atoms with E-state index in [4.69, 9.17) is 4.74 Å². The predicted molar refractivity (Wildman–Crippen MR) is 319 cm³/mol. The van der Waals surface area contributed by atoms with E-state index in [-0.39, 0.29) is 18.5 Å². The van der Waals surface area contributed by atoms with E-state index in [9.17, 15) is 19.8 Å². The third-order valence-corrected chi connectivity index (χ3v) is 15.2. The lowest BCUT2D eigenvalue weighted by atomic mass is 10.0. The van der Waals surface area contributed by atoms with Crippen LogP contribution in [0, 0.1) is 0 Å². The van der Waals surface area contributed by atoms with E-state index in [0.717, 1.165) is 51.4 Å². The number of rotatable bonds is 61. The molecule has 0 saturated heterocycles. The second kappa shape index (κ2) is 62.6. The molecule has 2 atom stereocenters. The largest absolute Gasteiger partial charge is 0.466 e. The molecule has 6 heteroatoms. The first-order valence-electron chi connectivity index (χ1n) is 32.7. The molecule has 1 amide bonds. The first kappa shape index (κ1) is 71.1. The predicted octanol–water partition coefficient (Wildman–Crippen LogP) is 20.8. The van der Waals surface area contributed by atoms with Crippen LogP contribution in [0.5, 0.6) is 0 Å². The zero-order valence-electron chi connectivity index (χ0n) is 49.1. The van der Waals surface area contributed by atoms with Crippen molar-refractivity contribution in [2.24, 2.45) is 0 Å². The molecule has 0 radical (unpaired) electrons. The van der Waals surface area contributed by atoms with Crippen LogP contribution in [0.1, 0.15) is 354 Å². The molecule has 0 aliphatic heterocycles. The minimum Gasteiger partial charge on any atom is -0.466 e. The van der Waals surface area contributed by atoms with E-state index in [1.54, 1.807) is 0 Å². The maximum absolute atomic E-state index is 12.4. The minimum absolute atomic E-state index is 0.0103. The van der Waals surface area contributed by atoms with Gasteiger partial charge in [-0.05, 0) is 83.5 Å². The normalized spacial score (nSPS) is 12.8. The average molecular weight is 1030 g/mol. The minimum atomic E-state index is -0.665. The molecule has 0 aromatic heterocycles. The molecule has 0 aromatic rings. The summed E-state index contributed by atoms with van der Waals surface area (Å²) in [6.07, 6.45) is 78.9. The Balaban J connectivity index is 3.38. The van der Waals surface area contributed by atoms with Crippen LogP contribution >= 0.6 is 0 Å². The summed E-state index contributed by atoms with van der Waals surface area (Å²) in [5.74, 6) is -0.0288. The fourth-order valence-electron chi connectivity index (χ4n) is 10.1. The highest BCUT2D eigenvalue weighted by atomic mass is 16.5. The smallest absolute Gasteiger partial charge is 0.305 e. The van der Waals surface area contributed by atoms with Gasteiger partial charge in [0.05, 0.1) is 25.4 Å². The van der Waals surface area contributed by atoms with Gasteiger partial charge in [0, 0.05) is 12.8 Å². The van der Waals surface area contributed by atoms with Crippen molar-refractivity contribution in [1.82, 2.24) is 5.32 Å². The third kappa shape index (κ3) is 59.2. The number of aliphatic hydroxyl groups is 2. The average Bonchev–Trinajstić information content (AvgIpc) is 3.39. The molecule has 0 spiro atoms. The Morgan fingerprint density at radius 2 is 0.685 bits per heavy atom. The SMILES string of the molecule is CCCCCCCC/C=C\CCCCCCCCCCCC(=O)OCCCCCCCCCCC/C=C\C/C=C\CCCCCCCCCCCCCC(=O)NC(CO)C(O)CCCCCCCCCCCC. The number of allylic oxidation sites excluding steroid dienone is 6. The van der Waals surface area contributed by atoms with E-state index >= 15 is 0 Å². The lowest BCUT2D eigenvalue weighted by Crippen LogP contribution is -2.45. The van der Waals surface area contributed by atoms with Crippen molar-refractivity contribution < 1.29 is 24.5 Å². The van der Waals surface area contributed by atoms with Gasteiger partial charge in [0.1, 0.15) is 0 Å². The molecule has 2 unspecified atom stereocenters. The number of unbranched alkanes of at least 4 members (excludes halogenated alkanes) is 44. The fourth-order valence-corrected chi connectivity index (χ4v) is 10.1. The van der Waals surface area contributed by atoms with Crippen molar-refractivity contribution in [3.05, 3.63) is 36.5 Å². The summed E-state index contributed by atoms with van der Waals surface area (Å²) < 4.78 is 5.50. The summed E-state index contributed by atoms with van der Waals surface area (Å²) in [5.41, 5.74) is 0. The first-order valence-corrected chi connectivity index (χ1v) is 32.7. The summed E-state index contributed by atoms with van der Waals surface area (Å²) in [6, 6.07) is -0.542. The van der Waals surface area contributed by atoms with Crippen LogP contribution in [-0.2, 0) is 14.3 Å². The standard InChI is InChI=1S/C67H127NO5/c1-3-5-7-9-11-13-15-16-17-18-28-32-35-38-41-45-49-53-57-61-67(72)73-62-58-54-50-46-42-39-36-33-30-27-25-23-21-19-20-22-24-26-29-31-34-37-40-44-48-52-56-60-66(71)68-64(63-69)65(70)59-55-51-47-43-14-12-10-8-6-4-2/h16-17,19-20,23,25,64-65,69-70H,3-15,18,21-22,24,26-63H2,1-2H3,(H,68,71)/b17-16-,20-19-,25-23-. The van der Waals surface area contributed by atoms with Gasteiger partial charge >= 0.3 is 5.97 Å². The second-order valence-corrected chi connectivity index (χ2v) is 22.4. The summed E-state index contributed by atoms with van der Waals surface area (Å²) in [7, 11) is 0. The first-order chi connectivity index (χ1) is 36.0. The molecular formula is C67H127NO5. The van der Waals surface area contributed by atoms with Gasteiger partial charge in [-0.2, -0.15) is 0 Å². The van der Waals surface area contributed by atoms with Crippen LogP contribution in [0.4, 0.5) is 0 Å². The summed E-state index contributed by atoms with van der Waals surface area (Å²) in [5, 5.41) is 23.2. The molecule has 0 saturated carbocycles. The van der Waals surface area contributed by atoms with Crippen molar-refractivity contribution >= 4 is 11.9 Å². The molecular weight excluding hydrogens is 899 g/mol. The zero-order chi connectivity index (χ0) is 52.9. The van der Waals surface area contributed by atoms with Gasteiger partial charge in [0.25, 0.3) is 0 Å². The number of nitrogens with one attached hydrogen (secondary N) is 1. The van der Waals surface area contributed by atoms with Gasteiger partial charge in [-0.15, -0.1) is 0 Å². The van der Waals surface area contributed by atoms with Crippen LogP contribution < -0.4 is 5.32 Å². The molecule has 430 valence electrons. The highest BCUT2D eigenvalue weighted by Gasteiger charge is 2.20. The van der Waals surface area contributed by atoms with Crippen LogP contribution in [0.25, 0.3) is 0 Å². The monoisotopic (exact) mass is 1030 g/mol. The van der Waals surface area contributed by atoms with E-state index in [1.807, 2.05) is 0 Å². The number of esters is 1. The van der Waals surface area contributed by atoms with Gasteiger partial charge in [-0.1, -0.05) is 294 Å². The number of hydrogen-bond acceptors (Lipinski definition) is 5. The lowest BCUT2D eigenvalue weighted by Gasteiger charge is -2.22. The molecule has 0 heterocycles. The van der Waals surface area contributed by atoms with E-state index in [0.29, 0.717) is 25.9 Å². The van der Waals surface area contributed by atoms with Crippen molar-refractivity contribution in [3.63, 3.8) is 0 Å². The van der Waals surface area contributed by atoms with Gasteiger partial charge in [-0.25, -0.2) is 0 Å². The Kier molecular flexibility index (Phi) is 61.0. The van der Waals surface area contributed by atoms with Crippen LogP contribution in [0.15, 0.2) is 36.5 Å². The topological polar surface area (TPSA) is 95.9 Å². The van der Waals surface area contributed by atoms with Gasteiger partial charge in [-0.3, -0.25) is 9.59 Å². The number of hydrogen-bond donors (Lipinski definition) is 3. The van der Waals surface area contributed by atoms with Crippen molar-refractivity contribution in [2.75, 3.05) is 13.2 Å². The quantitative estimate of drug-likeness (QED) is 0.0320. The molecule has 0 aromatic carbocycles. The van der Waals surface area contributed by atoms with E-state index < -0.39 is 12.1 Å². The summed E-state index contributed by atoms with van der Waals surface area (Å²) >= 11 is 0. The van der Waals surface area contributed by atoms with Crippen molar-refractivity contribution in [3.8, 4) is 0 Å². The molecule has 73 heavy (non-hydrogen) atoms. The summed E-state index contributed by atoms with van der Waals surface area (Å²) in [4.78, 5) is 24.5. The number of carbonyl (C=O) groups excluding carboxylic acids is 2. The highest BCUT2D eigenvalue weighted by Crippen LogP contribution is 2.17. The zero-order valence-corrected chi connectivity index (χ0v) is 49.1. The molecule has 3 N–H and O–H groups in total. The lowest BCUT2D eigenvalue weighted by molar-refractivity contribution is -0.143. The van der Waals surface area contributed by atoms with Gasteiger partial charge in [0.15, 0.2) is 0 Å². The number of aliphatic hydroxyl groups excluding tert-OH is 2. The molecule has 0 aliphatic carbocycles.